The number of anilines is 2. The van der Waals surface area contributed by atoms with Gasteiger partial charge in [0, 0.05) is 43.0 Å². The predicted octanol–water partition coefficient (Wildman–Crippen LogP) is 5.68. The summed E-state index contributed by atoms with van der Waals surface area (Å²) >= 11 is 6.47. The molecule has 1 aliphatic heterocycles. The molecule has 6 rings (SSSR count). The molecule has 1 atom stereocenters. The highest BCUT2D eigenvalue weighted by Gasteiger charge is 2.22. The third-order valence-corrected chi connectivity index (χ3v) is 7.19. The lowest BCUT2D eigenvalue weighted by molar-refractivity contribution is -0.125. The first-order chi connectivity index (χ1) is 19.5. The van der Waals surface area contributed by atoms with Crippen LogP contribution in [0, 0.1) is 5.82 Å². The molecule has 0 bridgehead atoms. The summed E-state index contributed by atoms with van der Waals surface area (Å²) in [6.45, 7) is 4.92. The van der Waals surface area contributed by atoms with Crippen LogP contribution in [-0.2, 0) is 4.79 Å². The van der Waals surface area contributed by atoms with Crippen molar-refractivity contribution >= 4 is 45.7 Å². The summed E-state index contributed by atoms with van der Waals surface area (Å²) < 4.78 is 22.6. The van der Waals surface area contributed by atoms with Crippen molar-refractivity contribution in [2.75, 3.05) is 18.4 Å². The molecule has 1 unspecified atom stereocenters. The van der Waals surface area contributed by atoms with Crippen LogP contribution in [0.3, 0.4) is 0 Å². The van der Waals surface area contributed by atoms with Crippen molar-refractivity contribution in [1.29, 1.82) is 0 Å². The van der Waals surface area contributed by atoms with Crippen molar-refractivity contribution in [3.05, 3.63) is 84.4 Å². The molecule has 1 amide bonds. The number of halogens is 2. The monoisotopic (exact) mass is 558 g/mol. The van der Waals surface area contributed by atoms with Gasteiger partial charge in [-0.2, -0.15) is 5.10 Å². The number of carbonyl (C=O) groups is 1. The number of nitrogens with one attached hydrogen (secondary N) is 1. The smallest absolute Gasteiger partial charge is 0.245 e. The van der Waals surface area contributed by atoms with Gasteiger partial charge < -0.3 is 15.0 Å². The van der Waals surface area contributed by atoms with Crippen LogP contribution in [0.15, 0.2) is 67.9 Å². The van der Waals surface area contributed by atoms with E-state index >= 15 is 4.39 Å². The first-order valence-corrected chi connectivity index (χ1v) is 13.1. The van der Waals surface area contributed by atoms with Crippen molar-refractivity contribution in [3.8, 4) is 11.5 Å². The zero-order valence-corrected chi connectivity index (χ0v) is 22.1. The topological polar surface area (TPSA) is 110 Å². The van der Waals surface area contributed by atoms with Gasteiger partial charge in [0.25, 0.3) is 0 Å². The Morgan fingerprint density at radius 3 is 2.90 bits per heavy atom. The molecule has 0 radical (unpaired) electrons. The zero-order valence-electron chi connectivity index (χ0n) is 21.3. The number of hydrogen-bond acceptors (Lipinski definition) is 8. The molecule has 1 aliphatic rings. The Morgan fingerprint density at radius 2 is 2.02 bits per heavy atom. The molecule has 1 saturated heterocycles. The lowest BCUT2D eigenvalue weighted by atomic mass is 9.96. The summed E-state index contributed by atoms with van der Waals surface area (Å²) in [5, 5.41) is 7.27. The van der Waals surface area contributed by atoms with Gasteiger partial charge in [-0.1, -0.05) is 18.2 Å². The minimum atomic E-state index is -0.582. The van der Waals surface area contributed by atoms with Crippen LogP contribution in [0.4, 0.5) is 15.9 Å². The minimum absolute atomic E-state index is 0.0551. The van der Waals surface area contributed by atoms with E-state index in [4.69, 9.17) is 21.3 Å². The van der Waals surface area contributed by atoms with E-state index in [2.05, 4.69) is 31.9 Å². The highest BCUT2D eigenvalue weighted by molar-refractivity contribution is 6.32. The second-order valence-corrected chi connectivity index (χ2v) is 9.81. The fraction of sp³-hybridized carbons (Fsp3) is 0.214. The summed E-state index contributed by atoms with van der Waals surface area (Å²) in [7, 11) is 0. The number of aromatic nitrogens is 6. The van der Waals surface area contributed by atoms with Gasteiger partial charge in [0.05, 0.1) is 16.2 Å². The normalized spacial score (nSPS) is 15.7. The maximum atomic E-state index is 15.2. The number of rotatable bonds is 6. The average Bonchev–Trinajstić information content (AvgIpc) is 3.29. The van der Waals surface area contributed by atoms with Crippen LogP contribution < -0.4 is 10.1 Å². The average molecular weight is 559 g/mol. The SMILES string of the molecule is C=CC(=O)N1CCCC(c2ccc3ncnc(Nc4cc(Cl)c(Oc5ccn6ncnc6c5)cc4F)c3n2)CC1. The number of carbonyl (C=O) groups excluding carboxylic acids is 1. The lowest BCUT2D eigenvalue weighted by Crippen LogP contribution is -2.30. The Bertz CT molecular complexity index is 1740. The van der Waals surface area contributed by atoms with Crippen LogP contribution in [-0.4, -0.2) is 53.4 Å². The molecular weight excluding hydrogens is 535 g/mol. The Labute approximate surface area is 233 Å². The molecule has 5 aromatic rings. The van der Waals surface area contributed by atoms with Crippen molar-refractivity contribution in [1.82, 2.24) is 34.4 Å². The number of benzene rings is 1. The second-order valence-electron chi connectivity index (χ2n) is 9.40. The van der Waals surface area contributed by atoms with Crippen LogP contribution in [0.25, 0.3) is 16.7 Å². The number of pyridine rings is 2. The van der Waals surface area contributed by atoms with E-state index in [1.54, 1.807) is 22.8 Å². The quantitative estimate of drug-likeness (QED) is 0.265. The summed E-state index contributed by atoms with van der Waals surface area (Å²) in [6.07, 6.45) is 8.41. The molecule has 0 saturated carbocycles. The highest BCUT2D eigenvalue weighted by atomic mass is 35.5. The summed E-state index contributed by atoms with van der Waals surface area (Å²) in [6, 6.07) is 9.84. The predicted molar refractivity (Wildman–Crippen MR) is 148 cm³/mol. The molecule has 0 spiro atoms. The fourth-order valence-electron chi connectivity index (χ4n) is 4.83. The third kappa shape index (κ3) is 5.15. The molecule has 4 aromatic heterocycles. The minimum Gasteiger partial charge on any atom is -0.455 e. The Hall–Kier alpha value is -4.64. The van der Waals surface area contributed by atoms with Gasteiger partial charge in [0.2, 0.25) is 5.91 Å². The van der Waals surface area contributed by atoms with E-state index in [0.29, 0.717) is 41.3 Å². The second kappa shape index (κ2) is 10.9. The van der Waals surface area contributed by atoms with E-state index in [0.717, 1.165) is 25.0 Å². The van der Waals surface area contributed by atoms with Gasteiger partial charge in [0.1, 0.15) is 35.5 Å². The van der Waals surface area contributed by atoms with E-state index in [1.165, 1.54) is 30.9 Å². The van der Waals surface area contributed by atoms with Gasteiger partial charge in [-0.05, 0) is 49.6 Å². The number of hydrogen-bond donors (Lipinski definition) is 1. The van der Waals surface area contributed by atoms with Crippen LogP contribution in [0.5, 0.6) is 11.5 Å². The van der Waals surface area contributed by atoms with Crippen LogP contribution >= 0.6 is 11.6 Å². The first kappa shape index (κ1) is 25.6. The standard InChI is InChI=1S/C28H24ClFN8O2/c1-2-26(39)37-9-3-4-17(7-10-37)21-5-6-22-27(35-21)28(33-15-31-22)36-23-13-19(29)24(14-20(23)30)40-18-8-11-38-25(12-18)32-16-34-38/h2,5-6,8,11-17H,1,3-4,7,9-10H2,(H,31,33,36). The Balaban J connectivity index is 1.25. The molecule has 1 fully saturated rings. The highest BCUT2D eigenvalue weighted by Crippen LogP contribution is 2.36. The van der Waals surface area contributed by atoms with Gasteiger partial charge in [-0.3, -0.25) is 4.79 Å². The van der Waals surface area contributed by atoms with Gasteiger partial charge in [-0.25, -0.2) is 28.8 Å². The third-order valence-electron chi connectivity index (χ3n) is 6.89. The summed E-state index contributed by atoms with van der Waals surface area (Å²) in [5.74, 6) is 0.474. The van der Waals surface area contributed by atoms with E-state index in [-0.39, 0.29) is 28.3 Å². The zero-order chi connectivity index (χ0) is 27.6. The largest absolute Gasteiger partial charge is 0.455 e. The molecule has 202 valence electrons. The number of amides is 1. The van der Waals surface area contributed by atoms with E-state index in [1.807, 2.05) is 17.0 Å². The molecular formula is C28H24ClFN8O2. The Kier molecular flexibility index (Phi) is 6.95. The summed E-state index contributed by atoms with van der Waals surface area (Å²) in [5.41, 5.74) is 2.71. The number of nitrogens with zero attached hydrogens (tertiary/aromatic N) is 7. The molecule has 0 aliphatic carbocycles. The number of ether oxygens (including phenoxy) is 1. The molecule has 5 heterocycles. The van der Waals surface area contributed by atoms with Gasteiger partial charge >= 0.3 is 0 Å². The lowest BCUT2D eigenvalue weighted by Gasteiger charge is -2.18. The first-order valence-electron chi connectivity index (χ1n) is 12.7. The van der Waals surface area contributed by atoms with Crippen LogP contribution in [0.1, 0.15) is 30.9 Å². The molecule has 40 heavy (non-hydrogen) atoms. The Morgan fingerprint density at radius 1 is 1.12 bits per heavy atom. The van der Waals surface area contributed by atoms with Gasteiger partial charge in [0.15, 0.2) is 11.5 Å². The summed E-state index contributed by atoms with van der Waals surface area (Å²) in [4.78, 5) is 31.5. The molecule has 12 heteroatoms. The fourth-order valence-corrected chi connectivity index (χ4v) is 5.04. The maximum absolute atomic E-state index is 15.2. The van der Waals surface area contributed by atoms with E-state index in [9.17, 15) is 4.79 Å². The van der Waals surface area contributed by atoms with Crippen molar-refractivity contribution in [2.45, 2.75) is 25.2 Å². The van der Waals surface area contributed by atoms with Gasteiger partial charge in [-0.15, -0.1) is 0 Å². The number of fused-ring (bicyclic) bond motifs is 2. The van der Waals surface area contributed by atoms with Crippen molar-refractivity contribution < 1.29 is 13.9 Å². The molecule has 1 N–H and O–H groups in total. The van der Waals surface area contributed by atoms with E-state index < -0.39 is 5.82 Å². The maximum Gasteiger partial charge on any atom is 0.245 e. The molecule has 10 nitrogen and oxygen atoms in total. The molecule has 1 aromatic carbocycles. The van der Waals surface area contributed by atoms with Crippen molar-refractivity contribution in [3.63, 3.8) is 0 Å². The van der Waals surface area contributed by atoms with Crippen LogP contribution in [0.2, 0.25) is 5.02 Å². The van der Waals surface area contributed by atoms with Crippen molar-refractivity contribution in [2.24, 2.45) is 0 Å². The number of likely N-dealkylation sites (tertiary alicyclic amines) is 1.